The third kappa shape index (κ3) is 12.4. The molecule has 7 rings (SSSR count). The molecule has 65 heavy (non-hydrogen) atoms. The number of likely N-dealkylation sites (tertiary alicyclic amines) is 1. The SMILES string of the molecule is Cc1c(CNC(=O)Cc2ccc(N(C)C(=O)CCN3CCC(OC(=O)Nc4ccccc4-c4ccccc4)CC3)cc2)cccc1CC(C)NC[C@H](O)c1ccc(O)c2c1C=CC(O)N2. The van der Waals surface area contributed by atoms with Crippen molar-refractivity contribution < 1.29 is 34.4 Å². The van der Waals surface area contributed by atoms with Crippen LogP contribution in [0.15, 0.2) is 115 Å². The van der Waals surface area contributed by atoms with Crippen LogP contribution in [0.25, 0.3) is 17.2 Å². The molecule has 0 aromatic heterocycles. The van der Waals surface area contributed by atoms with Crippen LogP contribution in [-0.4, -0.2) is 89.7 Å². The lowest BCUT2D eigenvalue weighted by molar-refractivity contribution is -0.120. The van der Waals surface area contributed by atoms with E-state index in [4.69, 9.17) is 4.74 Å². The zero-order chi connectivity index (χ0) is 45.9. The second-order valence-corrected chi connectivity index (χ2v) is 16.9. The van der Waals surface area contributed by atoms with Gasteiger partial charge in [0, 0.05) is 69.0 Å². The Labute approximate surface area is 381 Å². The smallest absolute Gasteiger partial charge is 0.411 e. The first-order valence-corrected chi connectivity index (χ1v) is 22.4. The van der Waals surface area contributed by atoms with Crippen molar-refractivity contribution in [2.75, 3.05) is 48.8 Å². The number of fused-ring (bicyclic) bond motifs is 1. The fourth-order valence-electron chi connectivity index (χ4n) is 8.45. The van der Waals surface area contributed by atoms with Crippen LogP contribution < -0.4 is 26.2 Å². The summed E-state index contributed by atoms with van der Waals surface area (Å²) in [5, 5.41) is 43.4. The largest absolute Gasteiger partial charge is 0.506 e. The molecule has 1 fully saturated rings. The van der Waals surface area contributed by atoms with E-state index in [0.717, 1.165) is 52.2 Å². The Morgan fingerprint density at radius 1 is 0.908 bits per heavy atom. The molecular formula is C52H60N6O7. The predicted molar refractivity (Wildman–Crippen MR) is 256 cm³/mol. The maximum atomic E-state index is 13.2. The molecule has 0 spiro atoms. The van der Waals surface area contributed by atoms with E-state index in [-0.39, 0.29) is 36.1 Å². The number of ether oxygens (including phenoxy) is 1. The van der Waals surface area contributed by atoms with Crippen LogP contribution in [0, 0.1) is 6.92 Å². The first-order valence-electron chi connectivity index (χ1n) is 22.4. The monoisotopic (exact) mass is 880 g/mol. The van der Waals surface area contributed by atoms with Gasteiger partial charge in [0.05, 0.1) is 23.9 Å². The molecule has 3 atom stereocenters. The number of hydrogen-bond acceptors (Lipinski definition) is 10. The summed E-state index contributed by atoms with van der Waals surface area (Å²) in [5.74, 6) is -0.0961. The van der Waals surface area contributed by atoms with Crippen LogP contribution in [0.5, 0.6) is 5.75 Å². The summed E-state index contributed by atoms with van der Waals surface area (Å²) < 4.78 is 5.78. The van der Waals surface area contributed by atoms with E-state index in [9.17, 15) is 29.7 Å². The van der Waals surface area contributed by atoms with Gasteiger partial charge in [0.2, 0.25) is 11.8 Å². The number of aliphatic hydroxyl groups excluding tert-OH is 2. The summed E-state index contributed by atoms with van der Waals surface area (Å²) in [5.41, 5.74) is 9.20. The highest BCUT2D eigenvalue weighted by atomic mass is 16.6. The average Bonchev–Trinajstić information content (AvgIpc) is 3.31. The molecule has 1 saturated heterocycles. The van der Waals surface area contributed by atoms with Crippen molar-refractivity contribution in [3.05, 3.63) is 149 Å². The topological polar surface area (TPSA) is 176 Å². The Morgan fingerprint density at radius 3 is 2.40 bits per heavy atom. The molecule has 2 heterocycles. The van der Waals surface area contributed by atoms with Gasteiger partial charge >= 0.3 is 6.09 Å². The Bertz CT molecular complexity index is 2450. The standard InChI is InChI=1S/C52H60N6O7/c1-34(53-33-47(60)43-20-22-46(59)51-44(43)21-23-48(61)56-51)30-38-12-9-13-39(35(38)2)32-54-49(62)31-36-16-18-40(19-17-36)57(3)50(63)26-29-58-27-24-41(25-28-58)65-52(64)55-45-15-8-7-14-42(45)37-10-5-4-6-11-37/h4-23,34,41,47-48,53,56,59-61H,24-33H2,1-3H3,(H,54,62)(H,55,64)/t34?,47-,48?/m0/s1. The summed E-state index contributed by atoms with van der Waals surface area (Å²) in [7, 11) is 1.77. The number of piperidine rings is 1. The van der Waals surface area contributed by atoms with E-state index in [1.807, 2.05) is 91.0 Å². The molecule has 340 valence electrons. The number of para-hydroxylation sites is 1. The van der Waals surface area contributed by atoms with Gasteiger partial charge in [-0.05, 0) is 96.8 Å². The molecule has 2 aliphatic rings. The van der Waals surface area contributed by atoms with Gasteiger partial charge in [-0.3, -0.25) is 14.9 Å². The molecule has 5 aromatic carbocycles. The Hall–Kier alpha value is -6.51. The van der Waals surface area contributed by atoms with Crippen molar-refractivity contribution in [3.8, 4) is 16.9 Å². The number of aliphatic hydroxyl groups is 2. The Balaban J connectivity index is 0.800. The highest BCUT2D eigenvalue weighted by Crippen LogP contribution is 2.37. The number of carbonyl (C=O) groups excluding carboxylic acids is 3. The second kappa shape index (κ2) is 21.9. The minimum atomic E-state index is -0.905. The molecule has 13 heteroatoms. The third-order valence-electron chi connectivity index (χ3n) is 12.3. The van der Waals surface area contributed by atoms with Crippen molar-refractivity contribution in [2.45, 2.75) is 77.0 Å². The number of carbonyl (C=O) groups is 3. The van der Waals surface area contributed by atoms with Gasteiger partial charge in [0.25, 0.3) is 0 Å². The van der Waals surface area contributed by atoms with Gasteiger partial charge in [-0.25, -0.2) is 4.79 Å². The number of hydrogen-bond donors (Lipinski definition) is 7. The summed E-state index contributed by atoms with van der Waals surface area (Å²) in [6, 6.07) is 34.4. The lowest BCUT2D eigenvalue weighted by Crippen LogP contribution is -2.40. The van der Waals surface area contributed by atoms with Crippen LogP contribution in [0.3, 0.4) is 0 Å². The lowest BCUT2D eigenvalue weighted by atomic mass is 9.96. The molecule has 2 aliphatic heterocycles. The molecule has 0 radical (unpaired) electrons. The summed E-state index contributed by atoms with van der Waals surface area (Å²) in [6.45, 7) is 6.88. The van der Waals surface area contributed by atoms with Crippen LogP contribution >= 0.6 is 0 Å². The van der Waals surface area contributed by atoms with Gasteiger partial charge in [0.15, 0.2) is 0 Å². The molecule has 3 amide bonds. The molecule has 0 aliphatic carbocycles. The number of nitrogens with one attached hydrogen (secondary N) is 4. The number of rotatable bonds is 17. The quantitative estimate of drug-likeness (QED) is 0.0470. The highest BCUT2D eigenvalue weighted by Gasteiger charge is 2.25. The van der Waals surface area contributed by atoms with Gasteiger partial charge in [-0.15, -0.1) is 0 Å². The Kier molecular flexibility index (Phi) is 15.7. The first-order chi connectivity index (χ1) is 31.4. The average molecular weight is 881 g/mol. The fourth-order valence-corrected chi connectivity index (χ4v) is 8.45. The maximum Gasteiger partial charge on any atom is 0.411 e. The van der Waals surface area contributed by atoms with E-state index in [0.29, 0.717) is 67.8 Å². The minimum absolute atomic E-state index is 0.00405. The summed E-state index contributed by atoms with van der Waals surface area (Å²) in [6.07, 6.45) is 3.54. The van der Waals surface area contributed by atoms with Gasteiger partial charge in [-0.2, -0.15) is 0 Å². The zero-order valence-electron chi connectivity index (χ0n) is 37.3. The molecule has 2 unspecified atom stereocenters. The number of anilines is 3. The third-order valence-corrected chi connectivity index (χ3v) is 12.3. The van der Waals surface area contributed by atoms with E-state index in [1.54, 1.807) is 30.2 Å². The van der Waals surface area contributed by atoms with Gasteiger partial charge in [0.1, 0.15) is 18.1 Å². The molecular weight excluding hydrogens is 821 g/mol. The van der Waals surface area contributed by atoms with Crippen LogP contribution in [0.2, 0.25) is 0 Å². The number of amides is 3. The van der Waals surface area contributed by atoms with Crippen molar-refractivity contribution in [2.24, 2.45) is 0 Å². The summed E-state index contributed by atoms with van der Waals surface area (Å²) in [4.78, 5) is 43.0. The van der Waals surface area contributed by atoms with E-state index >= 15 is 0 Å². The number of benzene rings is 5. The van der Waals surface area contributed by atoms with Crippen LogP contribution in [0.1, 0.15) is 65.7 Å². The zero-order valence-corrected chi connectivity index (χ0v) is 37.3. The van der Waals surface area contributed by atoms with Gasteiger partial charge < -0.3 is 45.8 Å². The second-order valence-electron chi connectivity index (χ2n) is 16.9. The normalized spacial score (nSPS) is 15.9. The fraction of sp³-hybridized carbons (Fsp3) is 0.327. The van der Waals surface area contributed by atoms with Crippen molar-refractivity contribution in [1.29, 1.82) is 0 Å². The Morgan fingerprint density at radius 2 is 1.63 bits per heavy atom. The number of phenolic OH excluding ortho intramolecular Hbond substituents is 1. The number of nitrogens with zero attached hydrogens (tertiary/aromatic N) is 2. The molecule has 13 nitrogen and oxygen atoms in total. The van der Waals surface area contributed by atoms with Crippen molar-refractivity contribution >= 4 is 41.0 Å². The van der Waals surface area contributed by atoms with E-state index in [1.165, 1.54) is 6.07 Å². The van der Waals surface area contributed by atoms with Crippen LogP contribution in [0.4, 0.5) is 21.9 Å². The van der Waals surface area contributed by atoms with Crippen molar-refractivity contribution in [3.63, 3.8) is 0 Å². The minimum Gasteiger partial charge on any atom is -0.506 e. The maximum absolute atomic E-state index is 13.2. The van der Waals surface area contributed by atoms with E-state index < -0.39 is 18.4 Å². The number of aromatic hydroxyl groups is 1. The first kappa shape index (κ1) is 46.5. The molecule has 5 aromatic rings. The molecule has 0 bridgehead atoms. The molecule has 0 saturated carbocycles. The predicted octanol–water partition coefficient (Wildman–Crippen LogP) is 7.30. The number of phenols is 1. The highest BCUT2D eigenvalue weighted by molar-refractivity contribution is 5.93. The van der Waals surface area contributed by atoms with Crippen LogP contribution in [-0.2, 0) is 33.7 Å². The van der Waals surface area contributed by atoms with Gasteiger partial charge in [-0.1, -0.05) is 91.0 Å². The van der Waals surface area contributed by atoms with E-state index in [2.05, 4.69) is 46.1 Å². The molecule has 7 N–H and O–H groups in total. The lowest BCUT2D eigenvalue weighted by Gasteiger charge is -2.31. The summed E-state index contributed by atoms with van der Waals surface area (Å²) >= 11 is 0. The van der Waals surface area contributed by atoms with Crippen molar-refractivity contribution in [1.82, 2.24) is 15.5 Å².